The summed E-state index contributed by atoms with van der Waals surface area (Å²) in [6.45, 7) is 9.59. The van der Waals surface area contributed by atoms with Gasteiger partial charge in [-0.05, 0) is 13.0 Å². The van der Waals surface area contributed by atoms with Gasteiger partial charge in [-0.3, -0.25) is 0 Å². The molecule has 0 bridgehead atoms. The number of hydrogen-bond acceptors (Lipinski definition) is 3. The molecule has 5 nitrogen and oxygen atoms in total. The first-order valence-electron chi connectivity index (χ1n) is 8.11. The Bertz CT molecular complexity index is 688. The first-order valence-corrected chi connectivity index (χ1v) is 8.11. The molecular formula is C18H25FN4O. The average Bonchev–Trinajstić information content (AvgIpc) is 3.00. The number of nitrogens with one attached hydrogen (secondary N) is 2. The van der Waals surface area contributed by atoms with Gasteiger partial charge in [0.05, 0.1) is 19.3 Å². The molecule has 1 aromatic carbocycles. The van der Waals surface area contributed by atoms with Crippen LogP contribution < -0.4 is 10.6 Å². The summed E-state index contributed by atoms with van der Waals surface area (Å²) in [5.41, 5.74) is 0.482. The molecule has 0 amide bonds. The number of oxazole rings is 1. The van der Waals surface area contributed by atoms with Gasteiger partial charge in [0.1, 0.15) is 11.6 Å². The van der Waals surface area contributed by atoms with E-state index in [2.05, 4.69) is 41.4 Å². The van der Waals surface area contributed by atoms with Crippen molar-refractivity contribution in [1.82, 2.24) is 15.6 Å². The molecular weight excluding hydrogens is 307 g/mol. The third kappa shape index (κ3) is 5.08. The summed E-state index contributed by atoms with van der Waals surface area (Å²) < 4.78 is 19.4. The fourth-order valence-corrected chi connectivity index (χ4v) is 2.03. The zero-order valence-electron chi connectivity index (χ0n) is 14.7. The molecule has 1 heterocycles. The molecule has 1 aromatic heterocycles. The van der Waals surface area contributed by atoms with E-state index in [9.17, 15) is 4.39 Å². The molecule has 130 valence electrons. The van der Waals surface area contributed by atoms with Crippen LogP contribution in [-0.2, 0) is 18.5 Å². The minimum absolute atomic E-state index is 0.0747. The molecule has 2 rings (SSSR count). The van der Waals surface area contributed by atoms with E-state index in [1.54, 1.807) is 24.4 Å². The maximum Gasteiger partial charge on any atom is 0.213 e. The monoisotopic (exact) mass is 332 g/mol. The van der Waals surface area contributed by atoms with Gasteiger partial charge >= 0.3 is 0 Å². The van der Waals surface area contributed by atoms with E-state index in [1.807, 2.05) is 6.92 Å². The number of guanidine groups is 1. The summed E-state index contributed by atoms with van der Waals surface area (Å²) >= 11 is 0. The standard InChI is InChI=1S/C18H25FN4O/c1-5-20-17(22-10-13-8-6-7-9-14(13)19)23-12-16-21-11-15(24-16)18(2,3)4/h6-9,11H,5,10,12H2,1-4H3,(H2,20,22,23). The van der Waals surface area contributed by atoms with Gasteiger partial charge in [-0.1, -0.05) is 39.0 Å². The molecule has 0 saturated carbocycles. The van der Waals surface area contributed by atoms with Crippen LogP contribution in [0, 0.1) is 5.82 Å². The fraction of sp³-hybridized carbons (Fsp3) is 0.444. The highest BCUT2D eigenvalue weighted by molar-refractivity contribution is 5.79. The van der Waals surface area contributed by atoms with Gasteiger partial charge in [-0.15, -0.1) is 0 Å². The Morgan fingerprint density at radius 1 is 1.25 bits per heavy atom. The number of nitrogens with zero attached hydrogens (tertiary/aromatic N) is 2. The first kappa shape index (κ1) is 18.0. The van der Waals surface area contributed by atoms with Crippen LogP contribution in [0.2, 0.25) is 0 Å². The predicted octanol–water partition coefficient (Wildman–Crippen LogP) is 3.37. The Labute approximate surface area is 142 Å². The van der Waals surface area contributed by atoms with E-state index < -0.39 is 0 Å². The van der Waals surface area contributed by atoms with Crippen LogP contribution in [0.3, 0.4) is 0 Å². The zero-order valence-corrected chi connectivity index (χ0v) is 14.7. The predicted molar refractivity (Wildman–Crippen MR) is 93.3 cm³/mol. The third-order valence-electron chi connectivity index (χ3n) is 3.41. The van der Waals surface area contributed by atoms with Gasteiger partial charge in [0.15, 0.2) is 5.96 Å². The van der Waals surface area contributed by atoms with Crippen LogP contribution in [0.25, 0.3) is 0 Å². The highest BCUT2D eigenvalue weighted by Gasteiger charge is 2.19. The van der Waals surface area contributed by atoms with Gasteiger partial charge in [0, 0.05) is 17.5 Å². The molecule has 0 aliphatic heterocycles. The molecule has 0 saturated heterocycles. The van der Waals surface area contributed by atoms with E-state index in [1.165, 1.54) is 6.07 Å². The van der Waals surface area contributed by atoms with E-state index in [0.717, 1.165) is 5.76 Å². The maximum atomic E-state index is 13.7. The summed E-state index contributed by atoms with van der Waals surface area (Å²) in [6.07, 6.45) is 1.75. The quantitative estimate of drug-likeness (QED) is 0.651. The second-order valence-corrected chi connectivity index (χ2v) is 6.51. The topological polar surface area (TPSA) is 62.5 Å². The molecule has 0 spiro atoms. The van der Waals surface area contributed by atoms with Crippen LogP contribution >= 0.6 is 0 Å². The molecule has 0 aliphatic carbocycles. The number of aliphatic imine (C=N–C) groups is 1. The van der Waals surface area contributed by atoms with E-state index in [4.69, 9.17) is 4.42 Å². The Morgan fingerprint density at radius 3 is 2.62 bits per heavy atom. The van der Waals surface area contributed by atoms with Crippen LogP contribution in [0.5, 0.6) is 0 Å². The molecule has 2 aromatic rings. The highest BCUT2D eigenvalue weighted by Crippen LogP contribution is 2.22. The summed E-state index contributed by atoms with van der Waals surface area (Å²) in [6, 6.07) is 6.63. The summed E-state index contributed by atoms with van der Waals surface area (Å²) in [7, 11) is 0. The van der Waals surface area contributed by atoms with Crippen LogP contribution in [0.4, 0.5) is 4.39 Å². The van der Waals surface area contributed by atoms with Crippen molar-refractivity contribution in [3.05, 3.63) is 53.5 Å². The van der Waals surface area contributed by atoms with Crippen LogP contribution in [0.15, 0.2) is 39.9 Å². The third-order valence-corrected chi connectivity index (χ3v) is 3.41. The smallest absolute Gasteiger partial charge is 0.213 e. The van der Waals surface area contributed by atoms with Crippen LogP contribution in [0.1, 0.15) is 44.9 Å². The number of halogens is 1. The lowest BCUT2D eigenvalue weighted by atomic mass is 9.94. The SMILES string of the molecule is CCNC(=NCc1ccccc1F)NCc1ncc(C(C)(C)C)o1. The van der Waals surface area contributed by atoms with Crippen molar-refractivity contribution in [2.45, 2.75) is 46.2 Å². The Balaban J connectivity index is 1.99. The van der Waals surface area contributed by atoms with E-state index in [-0.39, 0.29) is 17.8 Å². The molecule has 0 aliphatic rings. The van der Waals surface area contributed by atoms with Gasteiger partial charge < -0.3 is 15.1 Å². The lowest BCUT2D eigenvalue weighted by molar-refractivity contribution is 0.379. The first-order chi connectivity index (χ1) is 11.4. The summed E-state index contributed by atoms with van der Waals surface area (Å²) in [5.74, 6) is 1.78. The Kier molecular flexibility index (Phi) is 5.95. The van der Waals surface area contributed by atoms with Crippen molar-refractivity contribution in [2.24, 2.45) is 4.99 Å². The minimum atomic E-state index is -0.250. The molecule has 2 N–H and O–H groups in total. The number of hydrogen-bond donors (Lipinski definition) is 2. The molecule has 6 heteroatoms. The largest absolute Gasteiger partial charge is 0.443 e. The van der Waals surface area contributed by atoms with Crippen molar-refractivity contribution < 1.29 is 8.81 Å². The number of aromatic nitrogens is 1. The normalized spacial score (nSPS) is 12.3. The lowest BCUT2D eigenvalue weighted by Crippen LogP contribution is -2.36. The second kappa shape index (κ2) is 7.95. The zero-order chi connectivity index (χ0) is 17.6. The van der Waals surface area contributed by atoms with Gasteiger partial charge in [0.2, 0.25) is 5.89 Å². The minimum Gasteiger partial charge on any atom is -0.443 e. The fourth-order valence-electron chi connectivity index (χ4n) is 2.03. The maximum absolute atomic E-state index is 13.7. The molecule has 0 fully saturated rings. The van der Waals surface area contributed by atoms with Crippen LogP contribution in [-0.4, -0.2) is 17.5 Å². The Hall–Kier alpha value is -2.37. The number of benzene rings is 1. The van der Waals surface area contributed by atoms with Crippen molar-refractivity contribution in [1.29, 1.82) is 0 Å². The van der Waals surface area contributed by atoms with Gasteiger partial charge in [0.25, 0.3) is 0 Å². The second-order valence-electron chi connectivity index (χ2n) is 6.51. The van der Waals surface area contributed by atoms with Gasteiger partial charge in [-0.25, -0.2) is 14.4 Å². The summed E-state index contributed by atoms with van der Waals surface area (Å²) in [4.78, 5) is 8.68. The number of rotatable bonds is 5. The van der Waals surface area contributed by atoms with Crippen molar-refractivity contribution in [3.8, 4) is 0 Å². The molecule has 0 unspecified atom stereocenters. The van der Waals surface area contributed by atoms with Gasteiger partial charge in [-0.2, -0.15) is 0 Å². The average molecular weight is 332 g/mol. The van der Waals surface area contributed by atoms with E-state index >= 15 is 0 Å². The molecule has 0 atom stereocenters. The highest BCUT2D eigenvalue weighted by atomic mass is 19.1. The van der Waals surface area contributed by atoms with Crippen molar-refractivity contribution >= 4 is 5.96 Å². The van der Waals surface area contributed by atoms with Crippen molar-refractivity contribution in [3.63, 3.8) is 0 Å². The van der Waals surface area contributed by atoms with E-state index in [0.29, 0.717) is 30.5 Å². The lowest BCUT2D eigenvalue weighted by Gasteiger charge is -2.13. The molecule has 0 radical (unpaired) electrons. The molecule has 24 heavy (non-hydrogen) atoms. The van der Waals surface area contributed by atoms with Crippen molar-refractivity contribution in [2.75, 3.05) is 6.54 Å². The Morgan fingerprint density at radius 2 is 2.00 bits per heavy atom. The summed E-state index contributed by atoms with van der Waals surface area (Å²) in [5, 5.41) is 6.28.